The van der Waals surface area contributed by atoms with Crippen molar-refractivity contribution in [2.24, 2.45) is 0 Å². The van der Waals surface area contributed by atoms with Gasteiger partial charge in [-0.2, -0.15) is 0 Å². The highest BCUT2D eigenvalue weighted by atomic mass is 79.9. The second kappa shape index (κ2) is 9.59. The topological polar surface area (TPSA) is 70.4 Å². The second-order valence-electron chi connectivity index (χ2n) is 8.05. The van der Waals surface area contributed by atoms with Gasteiger partial charge in [-0.25, -0.2) is 4.39 Å². The van der Waals surface area contributed by atoms with E-state index >= 15 is 0 Å². The molecule has 2 aromatic heterocycles. The lowest BCUT2D eigenvalue weighted by Crippen LogP contribution is -2.29. The van der Waals surface area contributed by atoms with Crippen LogP contribution in [-0.2, 0) is 4.79 Å². The van der Waals surface area contributed by atoms with Gasteiger partial charge in [0, 0.05) is 29.0 Å². The summed E-state index contributed by atoms with van der Waals surface area (Å²) in [4.78, 5) is 17.9. The zero-order valence-corrected chi connectivity index (χ0v) is 20.9. The SMILES string of the molecule is CC(=O)Nc1ccc(N2C(=S)N[C@H](c3ccccn3)[C@H]2c2ccc(-c3ccc(Br)cc3F)o2)cc1. The third-order valence-electron chi connectivity index (χ3n) is 5.68. The summed E-state index contributed by atoms with van der Waals surface area (Å²) in [5, 5.41) is 6.64. The van der Waals surface area contributed by atoms with Crippen LogP contribution in [0.2, 0.25) is 0 Å². The molecular formula is C26H20BrFN4O2S. The van der Waals surface area contributed by atoms with E-state index in [0.29, 0.717) is 32.4 Å². The molecule has 0 saturated carbocycles. The number of furan rings is 1. The first-order valence-electron chi connectivity index (χ1n) is 10.8. The molecule has 1 amide bonds. The van der Waals surface area contributed by atoms with Crippen molar-refractivity contribution in [2.75, 3.05) is 10.2 Å². The minimum absolute atomic E-state index is 0.146. The van der Waals surface area contributed by atoms with Crippen LogP contribution in [0.25, 0.3) is 11.3 Å². The zero-order valence-electron chi connectivity index (χ0n) is 18.5. The summed E-state index contributed by atoms with van der Waals surface area (Å²) < 4.78 is 21.5. The maximum absolute atomic E-state index is 14.6. The van der Waals surface area contributed by atoms with E-state index < -0.39 is 0 Å². The summed E-state index contributed by atoms with van der Waals surface area (Å²) in [7, 11) is 0. The predicted molar refractivity (Wildman–Crippen MR) is 140 cm³/mol. The number of benzene rings is 2. The third kappa shape index (κ3) is 4.69. The summed E-state index contributed by atoms with van der Waals surface area (Å²) in [5.41, 5.74) is 2.66. The van der Waals surface area contributed by atoms with Crippen LogP contribution in [0.15, 0.2) is 87.9 Å². The van der Waals surface area contributed by atoms with Gasteiger partial charge >= 0.3 is 0 Å². The summed E-state index contributed by atoms with van der Waals surface area (Å²) in [6.45, 7) is 1.46. The Kier molecular flexibility index (Phi) is 6.36. The van der Waals surface area contributed by atoms with Gasteiger partial charge in [-0.1, -0.05) is 22.0 Å². The number of anilines is 2. The number of nitrogens with one attached hydrogen (secondary N) is 2. The van der Waals surface area contributed by atoms with Gasteiger partial charge in [0.05, 0.1) is 17.3 Å². The first-order valence-corrected chi connectivity index (χ1v) is 12.0. The van der Waals surface area contributed by atoms with E-state index in [2.05, 4.69) is 31.5 Å². The number of pyridine rings is 1. The van der Waals surface area contributed by atoms with Crippen molar-refractivity contribution in [3.63, 3.8) is 0 Å². The van der Waals surface area contributed by atoms with Crippen LogP contribution in [0.3, 0.4) is 0 Å². The molecule has 1 aliphatic heterocycles. The number of carbonyl (C=O) groups excluding carboxylic acids is 1. The molecule has 4 aromatic rings. The number of hydrogen-bond acceptors (Lipinski definition) is 4. The number of carbonyl (C=O) groups is 1. The second-order valence-corrected chi connectivity index (χ2v) is 9.35. The minimum atomic E-state index is -0.382. The quantitative estimate of drug-likeness (QED) is 0.281. The van der Waals surface area contributed by atoms with E-state index in [1.807, 2.05) is 53.4 Å². The normalized spacial score (nSPS) is 17.3. The maximum Gasteiger partial charge on any atom is 0.221 e. The Balaban J connectivity index is 1.56. The van der Waals surface area contributed by atoms with Gasteiger partial charge in [-0.15, -0.1) is 0 Å². The number of amides is 1. The standard InChI is InChI=1S/C26H20BrFN4O2S/c1-15(33)30-17-6-8-18(9-7-17)32-25(24(31-26(32)35)21-4-2-3-13-29-21)23-12-11-22(34-23)19-10-5-16(27)14-20(19)28/h2-14,24-25H,1H3,(H,30,33)(H,31,35)/t24-,25-/m1/s1. The van der Waals surface area contributed by atoms with Gasteiger partial charge in [0.1, 0.15) is 23.4 Å². The molecule has 2 aromatic carbocycles. The smallest absolute Gasteiger partial charge is 0.221 e. The van der Waals surface area contributed by atoms with Crippen molar-refractivity contribution in [1.29, 1.82) is 0 Å². The Hall–Kier alpha value is -3.56. The fourth-order valence-corrected chi connectivity index (χ4v) is 4.86. The van der Waals surface area contributed by atoms with Gasteiger partial charge in [0.25, 0.3) is 0 Å². The molecule has 0 spiro atoms. The zero-order chi connectivity index (χ0) is 24.5. The first-order chi connectivity index (χ1) is 16.9. The average Bonchev–Trinajstić information content (AvgIpc) is 3.44. The van der Waals surface area contributed by atoms with E-state index in [9.17, 15) is 9.18 Å². The summed E-state index contributed by atoms with van der Waals surface area (Å²) in [5.74, 6) is 0.499. The van der Waals surface area contributed by atoms with Gasteiger partial charge in [-0.3, -0.25) is 9.78 Å². The number of thiocarbonyl (C=S) groups is 1. The molecule has 2 atom stereocenters. The van der Waals surface area contributed by atoms with E-state index in [-0.39, 0.29) is 23.8 Å². The van der Waals surface area contributed by atoms with Crippen LogP contribution >= 0.6 is 28.1 Å². The molecule has 1 saturated heterocycles. The Labute approximate surface area is 215 Å². The van der Waals surface area contributed by atoms with Crippen molar-refractivity contribution in [3.05, 3.63) is 101 Å². The summed E-state index contributed by atoms with van der Waals surface area (Å²) in [6, 6.07) is 20.9. The van der Waals surface area contributed by atoms with Crippen LogP contribution in [0.1, 0.15) is 30.5 Å². The summed E-state index contributed by atoms with van der Waals surface area (Å²) in [6.07, 6.45) is 1.73. The largest absolute Gasteiger partial charge is 0.459 e. The minimum Gasteiger partial charge on any atom is -0.459 e. The molecule has 3 heterocycles. The molecule has 0 bridgehead atoms. The van der Waals surface area contributed by atoms with Gasteiger partial charge in [0.2, 0.25) is 5.91 Å². The lowest BCUT2D eigenvalue weighted by molar-refractivity contribution is -0.114. The number of rotatable bonds is 5. The Morgan fingerprint density at radius 2 is 1.94 bits per heavy atom. The van der Waals surface area contributed by atoms with Gasteiger partial charge < -0.3 is 20.0 Å². The lowest BCUT2D eigenvalue weighted by atomic mass is 10.0. The van der Waals surface area contributed by atoms with Gasteiger partial charge in [-0.05, 0) is 78.9 Å². The van der Waals surface area contributed by atoms with E-state index in [1.165, 1.54) is 13.0 Å². The fourth-order valence-electron chi connectivity index (χ4n) is 4.18. The van der Waals surface area contributed by atoms with Gasteiger partial charge in [0.15, 0.2) is 5.11 Å². The third-order valence-corrected chi connectivity index (χ3v) is 6.49. The van der Waals surface area contributed by atoms with E-state index in [4.69, 9.17) is 16.6 Å². The highest BCUT2D eigenvalue weighted by molar-refractivity contribution is 9.10. The maximum atomic E-state index is 14.6. The van der Waals surface area contributed by atoms with E-state index in [0.717, 1.165) is 11.4 Å². The van der Waals surface area contributed by atoms with Crippen molar-refractivity contribution >= 4 is 50.5 Å². The summed E-state index contributed by atoms with van der Waals surface area (Å²) >= 11 is 9.02. The molecule has 6 nitrogen and oxygen atoms in total. The molecule has 0 aliphatic carbocycles. The Bertz CT molecular complexity index is 1390. The van der Waals surface area contributed by atoms with Crippen molar-refractivity contribution in [1.82, 2.24) is 10.3 Å². The molecule has 5 rings (SSSR count). The van der Waals surface area contributed by atoms with Crippen LogP contribution < -0.4 is 15.5 Å². The number of hydrogen-bond donors (Lipinski definition) is 2. The van der Waals surface area contributed by atoms with Crippen LogP contribution in [0.5, 0.6) is 0 Å². The van der Waals surface area contributed by atoms with Crippen LogP contribution in [0.4, 0.5) is 15.8 Å². The average molecular weight is 551 g/mol. The monoisotopic (exact) mass is 550 g/mol. The molecular weight excluding hydrogens is 531 g/mol. The first kappa shape index (κ1) is 23.2. The molecule has 1 aliphatic rings. The van der Waals surface area contributed by atoms with Crippen molar-refractivity contribution < 1.29 is 13.6 Å². The molecule has 1 fully saturated rings. The van der Waals surface area contributed by atoms with Crippen LogP contribution in [0, 0.1) is 5.82 Å². The predicted octanol–water partition coefficient (Wildman–Crippen LogP) is 6.38. The van der Waals surface area contributed by atoms with Crippen molar-refractivity contribution in [2.45, 2.75) is 19.0 Å². The molecule has 2 N–H and O–H groups in total. The number of nitrogens with zero attached hydrogens (tertiary/aromatic N) is 2. The van der Waals surface area contributed by atoms with E-state index in [1.54, 1.807) is 24.4 Å². The number of aromatic nitrogens is 1. The fraction of sp³-hybridized carbons (Fsp3) is 0.115. The molecule has 0 unspecified atom stereocenters. The Morgan fingerprint density at radius 1 is 1.14 bits per heavy atom. The number of halogens is 2. The molecule has 0 radical (unpaired) electrons. The highest BCUT2D eigenvalue weighted by Crippen LogP contribution is 2.43. The molecule has 9 heteroatoms. The lowest BCUT2D eigenvalue weighted by Gasteiger charge is -2.26. The molecule has 35 heavy (non-hydrogen) atoms. The van der Waals surface area contributed by atoms with Crippen molar-refractivity contribution in [3.8, 4) is 11.3 Å². The Morgan fingerprint density at radius 3 is 2.63 bits per heavy atom. The van der Waals surface area contributed by atoms with Crippen LogP contribution in [-0.4, -0.2) is 16.0 Å². The molecule has 176 valence electrons. The highest BCUT2D eigenvalue weighted by Gasteiger charge is 2.42.